The quantitative estimate of drug-likeness (QED) is 0.750. The molecule has 0 amide bonds. The first-order valence-electron chi connectivity index (χ1n) is 7.18. The molecule has 0 saturated heterocycles. The lowest BCUT2D eigenvalue weighted by molar-refractivity contribution is 0.609. The molecule has 1 atom stereocenters. The third kappa shape index (κ3) is 3.68. The molecule has 1 N–H and O–H groups in total. The molecular formula is C18H23N. The molecule has 0 bridgehead atoms. The van der Waals surface area contributed by atoms with Crippen LogP contribution in [0.1, 0.15) is 31.7 Å². The first-order valence-corrected chi connectivity index (χ1v) is 7.18. The minimum Gasteiger partial charge on any atom is -0.317 e. The van der Waals surface area contributed by atoms with Crippen LogP contribution in [0, 0.1) is 0 Å². The van der Waals surface area contributed by atoms with Crippen molar-refractivity contribution in [2.24, 2.45) is 0 Å². The molecule has 0 spiro atoms. The van der Waals surface area contributed by atoms with Crippen molar-refractivity contribution in [3.63, 3.8) is 0 Å². The molecule has 0 aromatic heterocycles. The van der Waals surface area contributed by atoms with Crippen LogP contribution < -0.4 is 5.32 Å². The van der Waals surface area contributed by atoms with E-state index in [0.29, 0.717) is 5.92 Å². The van der Waals surface area contributed by atoms with Gasteiger partial charge in [-0.1, -0.05) is 68.4 Å². The molecular weight excluding hydrogens is 230 g/mol. The van der Waals surface area contributed by atoms with E-state index in [4.69, 9.17) is 0 Å². The highest BCUT2D eigenvalue weighted by atomic mass is 14.8. The number of hydrogen-bond donors (Lipinski definition) is 1. The Kier molecular flexibility index (Phi) is 5.17. The van der Waals surface area contributed by atoms with Crippen LogP contribution in [0.2, 0.25) is 0 Å². The highest BCUT2D eigenvalue weighted by Crippen LogP contribution is 2.30. The average molecular weight is 253 g/mol. The Morgan fingerprint density at radius 2 is 1.63 bits per heavy atom. The molecule has 19 heavy (non-hydrogen) atoms. The fourth-order valence-electron chi connectivity index (χ4n) is 2.46. The molecule has 1 heteroatoms. The lowest BCUT2D eigenvalue weighted by Gasteiger charge is -2.17. The van der Waals surface area contributed by atoms with Crippen LogP contribution >= 0.6 is 0 Å². The number of nitrogens with one attached hydrogen (secondary N) is 1. The minimum absolute atomic E-state index is 0.579. The molecule has 2 rings (SSSR count). The second-order valence-corrected chi connectivity index (χ2v) is 5.00. The molecule has 0 aliphatic carbocycles. The van der Waals surface area contributed by atoms with Crippen LogP contribution in [0.5, 0.6) is 0 Å². The van der Waals surface area contributed by atoms with E-state index in [1.807, 2.05) is 0 Å². The maximum atomic E-state index is 3.41. The molecule has 100 valence electrons. The van der Waals surface area contributed by atoms with Crippen molar-refractivity contribution in [3.8, 4) is 11.1 Å². The van der Waals surface area contributed by atoms with Crippen molar-refractivity contribution in [2.45, 2.75) is 26.2 Å². The lowest BCUT2D eigenvalue weighted by atomic mass is 9.90. The predicted octanol–water partition coefficient (Wildman–Crippen LogP) is 4.46. The van der Waals surface area contributed by atoms with Gasteiger partial charge in [0.2, 0.25) is 0 Å². The summed E-state index contributed by atoms with van der Waals surface area (Å²) in [6.07, 6.45) is 1.18. The molecule has 2 aromatic carbocycles. The van der Waals surface area contributed by atoms with E-state index in [1.165, 1.54) is 23.1 Å². The van der Waals surface area contributed by atoms with Crippen LogP contribution in [-0.2, 0) is 0 Å². The van der Waals surface area contributed by atoms with E-state index >= 15 is 0 Å². The van der Waals surface area contributed by atoms with Gasteiger partial charge in [0.25, 0.3) is 0 Å². The summed E-state index contributed by atoms with van der Waals surface area (Å²) in [4.78, 5) is 0. The number of benzene rings is 2. The summed E-state index contributed by atoms with van der Waals surface area (Å²) in [5.74, 6) is 0.579. The highest BCUT2D eigenvalue weighted by molar-refractivity contribution is 5.67. The van der Waals surface area contributed by atoms with Crippen molar-refractivity contribution in [2.75, 3.05) is 13.1 Å². The van der Waals surface area contributed by atoms with E-state index in [0.717, 1.165) is 13.1 Å². The van der Waals surface area contributed by atoms with Crippen LogP contribution in [0.4, 0.5) is 0 Å². The fourth-order valence-corrected chi connectivity index (χ4v) is 2.46. The predicted molar refractivity (Wildman–Crippen MR) is 83.5 cm³/mol. The van der Waals surface area contributed by atoms with Gasteiger partial charge in [-0.15, -0.1) is 0 Å². The van der Waals surface area contributed by atoms with E-state index in [9.17, 15) is 0 Å². The molecule has 1 nitrogen and oxygen atoms in total. The second-order valence-electron chi connectivity index (χ2n) is 5.00. The molecule has 0 heterocycles. The van der Waals surface area contributed by atoms with Gasteiger partial charge < -0.3 is 5.32 Å². The molecule has 0 radical (unpaired) electrons. The van der Waals surface area contributed by atoms with Crippen molar-refractivity contribution < 1.29 is 0 Å². The highest BCUT2D eigenvalue weighted by Gasteiger charge is 2.10. The van der Waals surface area contributed by atoms with Gasteiger partial charge in [-0.05, 0) is 42.1 Å². The Hall–Kier alpha value is -1.60. The van der Waals surface area contributed by atoms with E-state index < -0.39 is 0 Å². The van der Waals surface area contributed by atoms with E-state index in [-0.39, 0.29) is 0 Å². The van der Waals surface area contributed by atoms with Crippen molar-refractivity contribution in [1.82, 2.24) is 5.32 Å². The van der Waals surface area contributed by atoms with Gasteiger partial charge in [0.1, 0.15) is 0 Å². The van der Waals surface area contributed by atoms with E-state index in [2.05, 4.69) is 73.8 Å². The van der Waals surface area contributed by atoms with Gasteiger partial charge in [-0.3, -0.25) is 0 Å². The lowest BCUT2D eigenvalue weighted by Crippen LogP contribution is -2.16. The maximum absolute atomic E-state index is 3.41. The van der Waals surface area contributed by atoms with Gasteiger partial charge in [-0.25, -0.2) is 0 Å². The number of rotatable bonds is 6. The standard InChI is InChI=1S/C18H23N/c1-3-19-14-13-15(2)17-11-7-8-12-18(17)16-9-5-4-6-10-16/h4-12,15,19H,3,13-14H2,1-2H3. The summed E-state index contributed by atoms with van der Waals surface area (Å²) in [5, 5.41) is 3.41. The number of hydrogen-bond acceptors (Lipinski definition) is 1. The summed E-state index contributed by atoms with van der Waals surface area (Å²) < 4.78 is 0. The zero-order valence-corrected chi connectivity index (χ0v) is 11.9. The van der Waals surface area contributed by atoms with Crippen LogP contribution in [0.15, 0.2) is 54.6 Å². The van der Waals surface area contributed by atoms with Gasteiger partial charge in [0.15, 0.2) is 0 Å². The monoisotopic (exact) mass is 253 g/mol. The molecule has 0 saturated carbocycles. The van der Waals surface area contributed by atoms with Crippen LogP contribution in [0.3, 0.4) is 0 Å². The Balaban J connectivity index is 2.21. The van der Waals surface area contributed by atoms with Crippen molar-refractivity contribution in [3.05, 3.63) is 60.2 Å². The largest absolute Gasteiger partial charge is 0.317 e. The SMILES string of the molecule is CCNCCC(C)c1ccccc1-c1ccccc1. The van der Waals surface area contributed by atoms with Crippen LogP contribution in [-0.4, -0.2) is 13.1 Å². The summed E-state index contributed by atoms with van der Waals surface area (Å²) >= 11 is 0. The van der Waals surface area contributed by atoms with Gasteiger partial charge >= 0.3 is 0 Å². The van der Waals surface area contributed by atoms with Crippen molar-refractivity contribution in [1.29, 1.82) is 0 Å². The molecule has 0 aliphatic heterocycles. The third-order valence-corrected chi connectivity index (χ3v) is 3.58. The normalized spacial score (nSPS) is 12.3. The summed E-state index contributed by atoms with van der Waals surface area (Å²) in [6.45, 7) is 6.61. The Morgan fingerprint density at radius 1 is 0.947 bits per heavy atom. The zero-order chi connectivity index (χ0) is 13.5. The van der Waals surface area contributed by atoms with Crippen LogP contribution in [0.25, 0.3) is 11.1 Å². The zero-order valence-electron chi connectivity index (χ0n) is 11.9. The smallest absolute Gasteiger partial charge is 0.00433 e. The topological polar surface area (TPSA) is 12.0 Å². The first kappa shape index (κ1) is 13.8. The fraction of sp³-hybridized carbons (Fsp3) is 0.333. The Labute approximate surface area is 116 Å². The Morgan fingerprint density at radius 3 is 2.37 bits per heavy atom. The molecule has 2 aromatic rings. The summed E-state index contributed by atoms with van der Waals surface area (Å²) in [7, 11) is 0. The van der Waals surface area contributed by atoms with Gasteiger partial charge in [0, 0.05) is 0 Å². The maximum Gasteiger partial charge on any atom is -0.00433 e. The molecule has 0 fully saturated rings. The third-order valence-electron chi connectivity index (χ3n) is 3.58. The summed E-state index contributed by atoms with van der Waals surface area (Å²) in [6, 6.07) is 19.4. The van der Waals surface area contributed by atoms with Gasteiger partial charge in [0.05, 0.1) is 0 Å². The van der Waals surface area contributed by atoms with Gasteiger partial charge in [-0.2, -0.15) is 0 Å². The first-order chi connectivity index (χ1) is 9.33. The molecule has 1 unspecified atom stereocenters. The molecule has 0 aliphatic rings. The summed E-state index contributed by atoms with van der Waals surface area (Å²) in [5.41, 5.74) is 4.13. The average Bonchev–Trinajstić information content (AvgIpc) is 2.48. The minimum atomic E-state index is 0.579. The van der Waals surface area contributed by atoms with Crippen molar-refractivity contribution >= 4 is 0 Å². The Bertz CT molecular complexity index is 490. The van der Waals surface area contributed by atoms with E-state index in [1.54, 1.807) is 0 Å². The second kappa shape index (κ2) is 7.10.